The van der Waals surface area contributed by atoms with Crippen molar-refractivity contribution in [3.63, 3.8) is 0 Å². The summed E-state index contributed by atoms with van der Waals surface area (Å²) in [7, 11) is 2.01. The van der Waals surface area contributed by atoms with E-state index in [0.29, 0.717) is 5.92 Å². The van der Waals surface area contributed by atoms with Crippen molar-refractivity contribution < 1.29 is 4.42 Å². The third-order valence-electron chi connectivity index (χ3n) is 3.84. The van der Waals surface area contributed by atoms with Crippen molar-refractivity contribution in [3.05, 3.63) is 35.5 Å². The Morgan fingerprint density at radius 2 is 2.37 bits per heavy atom. The van der Waals surface area contributed by atoms with Gasteiger partial charge in [0.2, 0.25) is 0 Å². The lowest BCUT2D eigenvalue weighted by Gasteiger charge is -2.23. The molecule has 2 aromatic rings. The van der Waals surface area contributed by atoms with Gasteiger partial charge >= 0.3 is 0 Å². The predicted molar refractivity (Wildman–Crippen MR) is 73.9 cm³/mol. The van der Waals surface area contributed by atoms with Gasteiger partial charge in [-0.05, 0) is 57.3 Å². The van der Waals surface area contributed by atoms with E-state index in [1.54, 1.807) is 6.26 Å². The smallest absolute Gasteiger partial charge is 0.162 e. The highest BCUT2D eigenvalue weighted by molar-refractivity contribution is 5.57. The first-order chi connectivity index (χ1) is 9.28. The molecule has 0 saturated carbocycles. The summed E-state index contributed by atoms with van der Waals surface area (Å²) in [5.41, 5.74) is 3.51. The maximum Gasteiger partial charge on any atom is 0.162 e. The summed E-state index contributed by atoms with van der Waals surface area (Å²) in [4.78, 5) is 9.22. The van der Waals surface area contributed by atoms with E-state index in [1.165, 1.54) is 17.7 Å². The molecule has 3 rings (SSSR count). The van der Waals surface area contributed by atoms with Crippen molar-refractivity contribution in [2.75, 3.05) is 13.6 Å². The molecule has 0 spiro atoms. The van der Waals surface area contributed by atoms with Crippen molar-refractivity contribution in [1.82, 2.24) is 15.3 Å². The molecule has 0 aromatic carbocycles. The second-order valence-corrected chi connectivity index (χ2v) is 5.22. The quantitative estimate of drug-likeness (QED) is 0.917. The first kappa shape index (κ1) is 12.4. The first-order valence-corrected chi connectivity index (χ1v) is 6.81. The van der Waals surface area contributed by atoms with Crippen molar-refractivity contribution >= 4 is 0 Å². The van der Waals surface area contributed by atoms with Gasteiger partial charge in [-0.2, -0.15) is 0 Å². The van der Waals surface area contributed by atoms with Gasteiger partial charge in [0.15, 0.2) is 5.82 Å². The van der Waals surface area contributed by atoms with Crippen LogP contribution in [0.2, 0.25) is 0 Å². The Labute approximate surface area is 113 Å². The van der Waals surface area contributed by atoms with E-state index in [1.807, 2.05) is 26.2 Å². The average Bonchev–Trinajstić information content (AvgIpc) is 2.85. The van der Waals surface area contributed by atoms with Crippen LogP contribution in [0.5, 0.6) is 0 Å². The maximum absolute atomic E-state index is 5.32. The normalized spacial score (nSPS) is 18.3. The molecule has 1 aliphatic carbocycles. The van der Waals surface area contributed by atoms with Crippen LogP contribution < -0.4 is 5.32 Å². The lowest BCUT2D eigenvalue weighted by Crippen LogP contribution is -2.25. The van der Waals surface area contributed by atoms with Gasteiger partial charge in [0.05, 0.1) is 11.8 Å². The number of hydrogen-bond donors (Lipinski definition) is 1. The van der Waals surface area contributed by atoms with E-state index < -0.39 is 0 Å². The SMILES string of the molecule is CNCC1CCc2nc(-c3ccoc3C)ncc2C1. The lowest BCUT2D eigenvalue weighted by molar-refractivity contribution is 0.434. The molecule has 2 aromatic heterocycles. The number of nitrogens with one attached hydrogen (secondary N) is 1. The zero-order valence-electron chi connectivity index (χ0n) is 11.4. The minimum Gasteiger partial charge on any atom is -0.469 e. The van der Waals surface area contributed by atoms with Gasteiger partial charge in [0.1, 0.15) is 5.76 Å². The fourth-order valence-corrected chi connectivity index (χ4v) is 2.79. The Hall–Kier alpha value is -1.68. The van der Waals surface area contributed by atoms with Crippen molar-refractivity contribution in [2.45, 2.75) is 26.2 Å². The second kappa shape index (κ2) is 5.13. The van der Waals surface area contributed by atoms with Gasteiger partial charge < -0.3 is 9.73 Å². The van der Waals surface area contributed by atoms with E-state index in [2.05, 4.69) is 10.3 Å². The van der Waals surface area contributed by atoms with Gasteiger partial charge in [-0.3, -0.25) is 0 Å². The number of fused-ring (bicyclic) bond motifs is 1. The summed E-state index contributed by atoms with van der Waals surface area (Å²) in [5.74, 6) is 2.38. The zero-order chi connectivity index (χ0) is 13.2. The first-order valence-electron chi connectivity index (χ1n) is 6.81. The van der Waals surface area contributed by atoms with Crippen molar-refractivity contribution in [1.29, 1.82) is 0 Å². The highest BCUT2D eigenvalue weighted by Gasteiger charge is 2.20. The number of rotatable bonds is 3. The summed E-state index contributed by atoms with van der Waals surface area (Å²) in [6.45, 7) is 3.02. The van der Waals surface area contributed by atoms with Crippen LogP contribution in [0.1, 0.15) is 23.4 Å². The fraction of sp³-hybridized carbons (Fsp3) is 0.467. The predicted octanol–water partition coefficient (Wildman–Crippen LogP) is 2.37. The molecule has 4 nitrogen and oxygen atoms in total. The molecule has 1 aliphatic rings. The van der Waals surface area contributed by atoms with Crippen molar-refractivity contribution in [2.24, 2.45) is 5.92 Å². The summed E-state index contributed by atoms with van der Waals surface area (Å²) in [5, 5.41) is 3.26. The van der Waals surface area contributed by atoms with Crippen LogP contribution in [-0.2, 0) is 12.8 Å². The summed E-state index contributed by atoms with van der Waals surface area (Å²) in [6.07, 6.45) is 7.02. The molecule has 0 fully saturated rings. The Balaban J connectivity index is 1.88. The molecular formula is C15H19N3O. The van der Waals surface area contributed by atoms with E-state index in [4.69, 9.17) is 9.40 Å². The van der Waals surface area contributed by atoms with Gasteiger partial charge in [0.25, 0.3) is 0 Å². The van der Waals surface area contributed by atoms with E-state index in [-0.39, 0.29) is 0 Å². The van der Waals surface area contributed by atoms with Gasteiger partial charge in [-0.25, -0.2) is 9.97 Å². The summed E-state index contributed by atoms with van der Waals surface area (Å²) >= 11 is 0. The number of hydrogen-bond acceptors (Lipinski definition) is 4. The van der Waals surface area contributed by atoms with Crippen LogP contribution in [0.3, 0.4) is 0 Å². The standard InChI is InChI=1S/C15H19N3O/c1-10-13(5-6-19-10)15-17-9-12-7-11(8-16-2)3-4-14(12)18-15/h5-6,9,11,16H,3-4,7-8H2,1-2H3. The second-order valence-electron chi connectivity index (χ2n) is 5.22. The minimum absolute atomic E-state index is 0.711. The van der Waals surface area contributed by atoms with Crippen LogP contribution in [0, 0.1) is 12.8 Å². The third-order valence-corrected chi connectivity index (χ3v) is 3.84. The Bertz CT molecular complexity index is 577. The molecule has 100 valence electrons. The lowest BCUT2D eigenvalue weighted by atomic mass is 9.87. The summed E-state index contributed by atoms with van der Waals surface area (Å²) < 4.78 is 5.32. The molecule has 0 amide bonds. The molecule has 4 heteroatoms. The highest BCUT2D eigenvalue weighted by Crippen LogP contribution is 2.27. The van der Waals surface area contributed by atoms with Crippen molar-refractivity contribution in [3.8, 4) is 11.4 Å². The number of aryl methyl sites for hydroxylation is 2. The Morgan fingerprint density at radius 1 is 1.47 bits per heavy atom. The van der Waals surface area contributed by atoms with Crippen LogP contribution >= 0.6 is 0 Å². The monoisotopic (exact) mass is 257 g/mol. The van der Waals surface area contributed by atoms with E-state index in [0.717, 1.165) is 36.5 Å². The van der Waals surface area contributed by atoms with E-state index >= 15 is 0 Å². The Kier molecular flexibility index (Phi) is 3.34. The van der Waals surface area contributed by atoms with Crippen LogP contribution in [0.4, 0.5) is 0 Å². The molecule has 2 heterocycles. The highest BCUT2D eigenvalue weighted by atomic mass is 16.3. The summed E-state index contributed by atoms with van der Waals surface area (Å²) in [6, 6.07) is 1.93. The molecule has 1 atom stereocenters. The van der Waals surface area contributed by atoms with Gasteiger partial charge in [0, 0.05) is 11.9 Å². The average molecular weight is 257 g/mol. The molecule has 1 N–H and O–H groups in total. The number of aromatic nitrogens is 2. The van der Waals surface area contributed by atoms with Gasteiger partial charge in [-0.1, -0.05) is 0 Å². The molecule has 0 saturated heterocycles. The van der Waals surface area contributed by atoms with Crippen LogP contribution in [0.25, 0.3) is 11.4 Å². The molecule has 0 bridgehead atoms. The fourth-order valence-electron chi connectivity index (χ4n) is 2.79. The number of furan rings is 1. The minimum atomic E-state index is 0.711. The Morgan fingerprint density at radius 3 is 3.11 bits per heavy atom. The van der Waals surface area contributed by atoms with Crippen LogP contribution in [0.15, 0.2) is 22.9 Å². The molecule has 19 heavy (non-hydrogen) atoms. The largest absolute Gasteiger partial charge is 0.469 e. The topological polar surface area (TPSA) is 51.0 Å². The van der Waals surface area contributed by atoms with Crippen LogP contribution in [-0.4, -0.2) is 23.6 Å². The molecular weight excluding hydrogens is 238 g/mol. The maximum atomic E-state index is 5.32. The molecule has 1 unspecified atom stereocenters. The van der Waals surface area contributed by atoms with E-state index in [9.17, 15) is 0 Å². The molecule has 0 radical (unpaired) electrons. The third kappa shape index (κ3) is 2.40. The zero-order valence-corrected chi connectivity index (χ0v) is 11.4. The van der Waals surface area contributed by atoms with Gasteiger partial charge in [-0.15, -0.1) is 0 Å². The molecule has 0 aliphatic heterocycles. The number of nitrogens with zero attached hydrogens (tertiary/aromatic N) is 2.